The van der Waals surface area contributed by atoms with Crippen molar-refractivity contribution in [3.05, 3.63) is 78.5 Å². The van der Waals surface area contributed by atoms with Gasteiger partial charge in [0.25, 0.3) is 0 Å². The molecule has 0 aliphatic rings. The predicted octanol–water partition coefficient (Wildman–Crippen LogP) is 8.01. The molecule has 1 heterocycles. The topological polar surface area (TPSA) is 81.1 Å². The van der Waals surface area contributed by atoms with Gasteiger partial charge in [-0.2, -0.15) is 0 Å². The first-order valence-corrected chi connectivity index (χ1v) is 13.7. The van der Waals surface area contributed by atoms with Crippen molar-refractivity contribution in [1.82, 2.24) is 4.98 Å². The van der Waals surface area contributed by atoms with E-state index in [1.165, 1.54) is 15.4 Å². The third-order valence-electron chi connectivity index (χ3n) is 6.33. The first-order valence-electron chi connectivity index (χ1n) is 12.7. The molecule has 0 aliphatic heterocycles. The predicted molar refractivity (Wildman–Crippen MR) is 157 cm³/mol. The maximum atomic E-state index is 12.0. The number of carboxylic acid groups (broad SMARTS) is 1. The Balaban J connectivity index is 1.39. The molecular weight excluding hydrogens is 512 g/mol. The van der Waals surface area contributed by atoms with Gasteiger partial charge in [-0.05, 0) is 71.7 Å². The highest BCUT2D eigenvalue weighted by atomic mass is 32.2. The van der Waals surface area contributed by atoms with Crippen molar-refractivity contribution in [3.8, 4) is 23.0 Å². The summed E-state index contributed by atoms with van der Waals surface area (Å²) in [6.07, 6.45) is 1.41. The fraction of sp³-hybridized carbons (Fsp3) is 0.290. The monoisotopic (exact) mass is 546 g/mol. The van der Waals surface area contributed by atoms with Gasteiger partial charge in [0.2, 0.25) is 0 Å². The van der Waals surface area contributed by atoms with Gasteiger partial charge in [-0.15, -0.1) is 11.8 Å². The standard InChI is InChI=1S/C31H34N2O5S/c1-31(2,3)21-7-13-24(14-8-21)39-18-6-17-33(30(34)35)22-9-11-23(12-10-22)38-27-15-16-32-26-20-29(37-5)28(36-4)19-25(26)27/h7-16,19-20H,6,17-18H2,1-5H3,(H,34,35). The molecule has 1 N–H and O–H groups in total. The second kappa shape index (κ2) is 12.3. The van der Waals surface area contributed by atoms with Crippen LogP contribution in [0.1, 0.15) is 32.8 Å². The molecule has 0 radical (unpaired) electrons. The number of methoxy groups -OCH3 is 2. The van der Waals surface area contributed by atoms with Crippen LogP contribution in [0.2, 0.25) is 0 Å². The van der Waals surface area contributed by atoms with Crippen molar-refractivity contribution >= 4 is 34.4 Å². The molecule has 3 aromatic carbocycles. The second-order valence-electron chi connectivity index (χ2n) is 10.0. The summed E-state index contributed by atoms with van der Waals surface area (Å²) in [4.78, 5) is 18.9. The Morgan fingerprint density at radius 2 is 1.59 bits per heavy atom. The van der Waals surface area contributed by atoms with E-state index in [1.54, 1.807) is 68.6 Å². The van der Waals surface area contributed by atoms with E-state index < -0.39 is 6.09 Å². The Morgan fingerprint density at radius 3 is 2.21 bits per heavy atom. The zero-order valence-electron chi connectivity index (χ0n) is 22.9. The van der Waals surface area contributed by atoms with Crippen LogP contribution in [0.15, 0.2) is 77.8 Å². The van der Waals surface area contributed by atoms with Gasteiger partial charge in [-0.25, -0.2) is 4.79 Å². The first-order chi connectivity index (χ1) is 18.7. The number of anilines is 1. The number of aromatic nitrogens is 1. The van der Waals surface area contributed by atoms with Crippen LogP contribution >= 0.6 is 11.8 Å². The van der Waals surface area contributed by atoms with Crippen LogP contribution in [0.3, 0.4) is 0 Å². The fourth-order valence-corrected chi connectivity index (χ4v) is 4.99. The Hall–Kier alpha value is -3.91. The smallest absolute Gasteiger partial charge is 0.411 e. The molecule has 4 rings (SSSR count). The normalized spacial score (nSPS) is 11.3. The zero-order valence-corrected chi connectivity index (χ0v) is 23.7. The SMILES string of the molecule is COc1cc2nccc(Oc3ccc(N(CCCSc4ccc(C(C)(C)C)cc4)C(=O)O)cc3)c2cc1OC. The van der Waals surface area contributed by atoms with E-state index in [-0.39, 0.29) is 5.41 Å². The molecule has 204 valence electrons. The van der Waals surface area contributed by atoms with Crippen LogP contribution in [-0.2, 0) is 5.41 Å². The van der Waals surface area contributed by atoms with Crippen LogP contribution in [0.25, 0.3) is 10.9 Å². The average Bonchev–Trinajstić information content (AvgIpc) is 2.92. The Morgan fingerprint density at radius 1 is 0.923 bits per heavy atom. The van der Waals surface area contributed by atoms with E-state index in [1.807, 2.05) is 6.07 Å². The number of thioether (sulfide) groups is 1. The molecule has 7 nitrogen and oxygen atoms in total. The van der Waals surface area contributed by atoms with Crippen molar-refractivity contribution in [2.45, 2.75) is 37.5 Å². The largest absolute Gasteiger partial charge is 0.493 e. The van der Waals surface area contributed by atoms with Crippen molar-refractivity contribution < 1.29 is 24.1 Å². The summed E-state index contributed by atoms with van der Waals surface area (Å²) in [5.41, 5.74) is 2.73. The maximum Gasteiger partial charge on any atom is 0.411 e. The van der Waals surface area contributed by atoms with Crippen molar-refractivity contribution in [2.24, 2.45) is 0 Å². The van der Waals surface area contributed by atoms with Gasteiger partial charge in [0.1, 0.15) is 11.5 Å². The Kier molecular flexibility index (Phi) is 8.86. The summed E-state index contributed by atoms with van der Waals surface area (Å²) in [6.45, 7) is 7.00. The van der Waals surface area contributed by atoms with Gasteiger partial charge in [0.05, 0.1) is 19.7 Å². The Labute approximate surface area is 233 Å². The molecule has 0 spiro atoms. The van der Waals surface area contributed by atoms with Crippen molar-refractivity contribution in [3.63, 3.8) is 0 Å². The molecule has 0 bridgehead atoms. The average molecular weight is 547 g/mol. The van der Waals surface area contributed by atoms with Crippen molar-refractivity contribution in [1.29, 1.82) is 0 Å². The van der Waals surface area contributed by atoms with Crippen LogP contribution in [0, 0.1) is 0 Å². The van der Waals surface area contributed by atoms with Gasteiger partial charge in [0, 0.05) is 34.8 Å². The van der Waals surface area contributed by atoms with Crippen LogP contribution in [0.4, 0.5) is 10.5 Å². The number of nitrogens with zero attached hydrogens (tertiary/aromatic N) is 2. The molecule has 0 saturated carbocycles. The zero-order chi connectivity index (χ0) is 28.0. The number of benzene rings is 3. The van der Waals surface area contributed by atoms with Gasteiger partial charge in [0.15, 0.2) is 11.5 Å². The van der Waals surface area contributed by atoms with E-state index in [0.29, 0.717) is 40.7 Å². The molecule has 39 heavy (non-hydrogen) atoms. The van der Waals surface area contributed by atoms with Crippen LogP contribution in [-0.4, -0.2) is 42.7 Å². The molecule has 0 atom stereocenters. The van der Waals surface area contributed by atoms with Gasteiger partial charge >= 0.3 is 6.09 Å². The Bertz CT molecular complexity index is 1420. The van der Waals surface area contributed by atoms with E-state index in [0.717, 1.165) is 17.6 Å². The second-order valence-corrected chi connectivity index (χ2v) is 11.2. The molecule has 1 amide bonds. The summed E-state index contributed by atoms with van der Waals surface area (Å²) in [7, 11) is 3.16. The molecule has 0 aliphatic carbocycles. The molecular formula is C31H34N2O5S. The minimum Gasteiger partial charge on any atom is -0.493 e. The highest BCUT2D eigenvalue weighted by Crippen LogP contribution is 2.37. The summed E-state index contributed by atoms with van der Waals surface area (Å²) < 4.78 is 16.9. The van der Waals surface area contributed by atoms with E-state index in [4.69, 9.17) is 14.2 Å². The molecule has 1 aromatic heterocycles. The number of amides is 1. The third kappa shape index (κ3) is 6.95. The summed E-state index contributed by atoms with van der Waals surface area (Å²) >= 11 is 1.74. The summed E-state index contributed by atoms with van der Waals surface area (Å²) in [6, 6.07) is 21.1. The molecule has 0 unspecified atom stereocenters. The fourth-order valence-electron chi connectivity index (χ4n) is 4.16. The number of hydrogen-bond donors (Lipinski definition) is 1. The minimum atomic E-state index is -0.982. The molecule has 0 fully saturated rings. The quantitative estimate of drug-likeness (QED) is 0.159. The third-order valence-corrected chi connectivity index (χ3v) is 7.43. The maximum absolute atomic E-state index is 12.0. The van der Waals surface area contributed by atoms with Gasteiger partial charge in [-0.1, -0.05) is 32.9 Å². The number of carbonyl (C=O) groups is 1. The van der Waals surface area contributed by atoms with E-state index in [9.17, 15) is 9.90 Å². The van der Waals surface area contributed by atoms with E-state index >= 15 is 0 Å². The number of hydrogen-bond acceptors (Lipinski definition) is 6. The number of rotatable bonds is 10. The van der Waals surface area contributed by atoms with Gasteiger partial charge < -0.3 is 19.3 Å². The highest BCUT2D eigenvalue weighted by molar-refractivity contribution is 7.99. The molecule has 0 saturated heterocycles. The molecule has 4 aromatic rings. The van der Waals surface area contributed by atoms with Crippen LogP contribution < -0.4 is 19.1 Å². The van der Waals surface area contributed by atoms with E-state index in [2.05, 4.69) is 50.0 Å². The highest BCUT2D eigenvalue weighted by Gasteiger charge is 2.16. The first kappa shape index (κ1) is 28.1. The lowest BCUT2D eigenvalue weighted by molar-refractivity contribution is 0.202. The minimum absolute atomic E-state index is 0.125. The number of pyridine rings is 1. The van der Waals surface area contributed by atoms with Crippen LogP contribution in [0.5, 0.6) is 23.0 Å². The lowest BCUT2D eigenvalue weighted by Crippen LogP contribution is -2.30. The lowest BCUT2D eigenvalue weighted by Gasteiger charge is -2.20. The lowest BCUT2D eigenvalue weighted by atomic mass is 9.87. The van der Waals surface area contributed by atoms with Gasteiger partial charge in [-0.3, -0.25) is 9.88 Å². The van der Waals surface area contributed by atoms with Crippen molar-refractivity contribution in [2.75, 3.05) is 31.4 Å². The molecule has 8 heteroatoms. The number of ether oxygens (including phenoxy) is 3. The number of fused-ring (bicyclic) bond motifs is 1. The summed E-state index contributed by atoms with van der Waals surface area (Å²) in [5, 5.41) is 10.6. The summed E-state index contributed by atoms with van der Waals surface area (Å²) in [5.74, 6) is 3.18.